The zero-order valence-electron chi connectivity index (χ0n) is 10.8. The van der Waals surface area contributed by atoms with Crippen LogP contribution in [0.4, 0.5) is 0 Å². The van der Waals surface area contributed by atoms with Crippen molar-refractivity contribution >= 4 is 11.8 Å². The third kappa shape index (κ3) is 2.01. The first kappa shape index (κ1) is 12.3. The summed E-state index contributed by atoms with van der Waals surface area (Å²) in [7, 11) is 1.62. The summed E-state index contributed by atoms with van der Waals surface area (Å²) in [6.07, 6.45) is 4.23. The highest BCUT2D eigenvalue weighted by Crippen LogP contribution is 2.51. The Morgan fingerprint density at radius 1 is 1.33 bits per heavy atom. The van der Waals surface area contributed by atoms with E-state index < -0.39 is 5.60 Å². The van der Waals surface area contributed by atoms with Gasteiger partial charge in [-0.2, -0.15) is 11.8 Å². The molecule has 2 unspecified atom stereocenters. The van der Waals surface area contributed by atoms with Crippen LogP contribution in [-0.2, 0) is 5.60 Å². The number of fused-ring (bicyclic) bond motifs is 2. The van der Waals surface area contributed by atoms with Crippen LogP contribution in [0, 0.1) is 6.92 Å². The molecule has 0 amide bonds. The van der Waals surface area contributed by atoms with Crippen LogP contribution < -0.4 is 4.74 Å². The molecule has 0 aliphatic carbocycles. The van der Waals surface area contributed by atoms with E-state index in [0.29, 0.717) is 16.4 Å². The van der Waals surface area contributed by atoms with Gasteiger partial charge in [-0.1, -0.05) is 0 Å². The standard InChI is InChI=1S/C14H19NO2S/c1-9-12(5-6-13(15-9)17-2)14(16)7-10-3-4-11(8-14)18-10/h5-6,10-11,16H,3-4,7-8H2,1-2H3. The van der Waals surface area contributed by atoms with E-state index in [2.05, 4.69) is 16.7 Å². The first-order valence-corrected chi connectivity index (χ1v) is 7.45. The Labute approximate surface area is 112 Å². The predicted octanol–water partition coefficient (Wildman–Crippen LogP) is 2.64. The number of aliphatic hydroxyl groups is 1. The van der Waals surface area contributed by atoms with Crippen molar-refractivity contribution in [2.75, 3.05) is 7.11 Å². The van der Waals surface area contributed by atoms with E-state index in [1.54, 1.807) is 7.11 Å². The molecule has 0 saturated carbocycles. The van der Waals surface area contributed by atoms with E-state index in [-0.39, 0.29) is 0 Å². The van der Waals surface area contributed by atoms with Crippen LogP contribution in [0.5, 0.6) is 5.88 Å². The van der Waals surface area contributed by atoms with Crippen LogP contribution in [0.2, 0.25) is 0 Å². The minimum atomic E-state index is -0.680. The maximum absolute atomic E-state index is 11.0. The van der Waals surface area contributed by atoms with Gasteiger partial charge in [-0.3, -0.25) is 0 Å². The number of rotatable bonds is 2. The minimum absolute atomic E-state index is 0.619. The summed E-state index contributed by atoms with van der Waals surface area (Å²) in [5.74, 6) is 0.619. The van der Waals surface area contributed by atoms with Crippen molar-refractivity contribution in [2.24, 2.45) is 0 Å². The van der Waals surface area contributed by atoms with E-state index in [0.717, 1.165) is 24.1 Å². The number of ether oxygens (including phenoxy) is 1. The zero-order chi connectivity index (χ0) is 12.8. The first-order valence-electron chi connectivity index (χ1n) is 6.51. The average molecular weight is 265 g/mol. The molecule has 2 aliphatic rings. The van der Waals surface area contributed by atoms with Gasteiger partial charge in [0.1, 0.15) is 0 Å². The van der Waals surface area contributed by atoms with Crippen LogP contribution in [0.1, 0.15) is 36.9 Å². The summed E-state index contributed by atoms with van der Waals surface area (Å²) >= 11 is 2.06. The van der Waals surface area contributed by atoms with Gasteiger partial charge in [-0.05, 0) is 38.7 Å². The molecule has 18 heavy (non-hydrogen) atoms. The van der Waals surface area contributed by atoms with Gasteiger partial charge in [-0.25, -0.2) is 4.98 Å². The quantitative estimate of drug-likeness (QED) is 0.892. The lowest BCUT2D eigenvalue weighted by Crippen LogP contribution is -2.35. The maximum Gasteiger partial charge on any atom is 0.213 e. The number of hydrogen-bond acceptors (Lipinski definition) is 4. The average Bonchev–Trinajstić information content (AvgIpc) is 2.68. The Balaban J connectivity index is 1.94. The van der Waals surface area contributed by atoms with Gasteiger partial charge in [0.15, 0.2) is 0 Å². The monoisotopic (exact) mass is 265 g/mol. The molecule has 3 heterocycles. The summed E-state index contributed by atoms with van der Waals surface area (Å²) < 4.78 is 5.13. The fraction of sp³-hybridized carbons (Fsp3) is 0.643. The van der Waals surface area contributed by atoms with Crippen LogP contribution in [0.25, 0.3) is 0 Å². The molecule has 0 spiro atoms. The van der Waals surface area contributed by atoms with Crippen molar-refractivity contribution in [1.29, 1.82) is 0 Å². The lowest BCUT2D eigenvalue weighted by molar-refractivity contribution is 0.0186. The largest absolute Gasteiger partial charge is 0.481 e. The van der Waals surface area contributed by atoms with Crippen molar-refractivity contribution in [3.63, 3.8) is 0 Å². The second kappa shape index (κ2) is 4.42. The van der Waals surface area contributed by atoms with Gasteiger partial charge in [0.05, 0.1) is 12.7 Å². The van der Waals surface area contributed by atoms with Crippen LogP contribution >= 0.6 is 11.8 Å². The van der Waals surface area contributed by atoms with E-state index >= 15 is 0 Å². The highest BCUT2D eigenvalue weighted by Gasteiger charge is 2.45. The van der Waals surface area contributed by atoms with Crippen LogP contribution in [0.3, 0.4) is 0 Å². The van der Waals surface area contributed by atoms with Gasteiger partial charge >= 0.3 is 0 Å². The summed E-state index contributed by atoms with van der Waals surface area (Å²) in [5, 5.41) is 12.2. The SMILES string of the molecule is COc1ccc(C2(O)CC3CCC(C2)S3)c(C)n1. The third-order valence-electron chi connectivity index (χ3n) is 4.10. The number of aromatic nitrogens is 1. The summed E-state index contributed by atoms with van der Waals surface area (Å²) in [6, 6.07) is 3.83. The zero-order valence-corrected chi connectivity index (χ0v) is 11.7. The highest BCUT2D eigenvalue weighted by molar-refractivity contribution is 8.00. The van der Waals surface area contributed by atoms with Crippen molar-refractivity contribution in [1.82, 2.24) is 4.98 Å². The van der Waals surface area contributed by atoms with Crippen molar-refractivity contribution in [3.8, 4) is 5.88 Å². The lowest BCUT2D eigenvalue weighted by Gasteiger charge is -2.37. The summed E-state index contributed by atoms with van der Waals surface area (Å²) in [4.78, 5) is 4.39. The molecule has 3 nitrogen and oxygen atoms in total. The molecule has 0 radical (unpaired) electrons. The molecule has 0 aromatic carbocycles. The fourth-order valence-corrected chi connectivity index (χ4v) is 5.11. The van der Waals surface area contributed by atoms with Gasteiger partial charge < -0.3 is 9.84 Å². The Hall–Kier alpha value is -0.740. The van der Waals surface area contributed by atoms with Crippen LogP contribution in [-0.4, -0.2) is 27.7 Å². The van der Waals surface area contributed by atoms with E-state index in [9.17, 15) is 5.11 Å². The predicted molar refractivity (Wildman–Crippen MR) is 73.1 cm³/mol. The number of thioether (sulfide) groups is 1. The Kier molecular flexibility index (Phi) is 3.02. The molecule has 2 aliphatic heterocycles. The Bertz CT molecular complexity index is 451. The smallest absolute Gasteiger partial charge is 0.213 e. The van der Waals surface area contributed by atoms with E-state index in [1.807, 2.05) is 19.1 Å². The minimum Gasteiger partial charge on any atom is -0.481 e. The second-order valence-corrected chi connectivity index (χ2v) is 6.99. The summed E-state index contributed by atoms with van der Waals surface area (Å²) in [5.41, 5.74) is 1.20. The molecule has 2 fully saturated rings. The number of hydrogen-bond donors (Lipinski definition) is 1. The molecule has 1 aromatic heterocycles. The molecule has 1 N–H and O–H groups in total. The number of nitrogens with zero attached hydrogens (tertiary/aromatic N) is 1. The van der Waals surface area contributed by atoms with Gasteiger partial charge in [0, 0.05) is 27.8 Å². The number of aryl methyl sites for hydroxylation is 1. The third-order valence-corrected chi connectivity index (χ3v) is 5.67. The number of pyridine rings is 1. The molecular weight excluding hydrogens is 246 g/mol. The molecule has 98 valence electrons. The van der Waals surface area contributed by atoms with Gasteiger partial charge in [0.25, 0.3) is 0 Å². The normalized spacial score (nSPS) is 34.6. The first-order chi connectivity index (χ1) is 8.60. The Morgan fingerprint density at radius 2 is 2.00 bits per heavy atom. The molecule has 1 aromatic rings. The van der Waals surface area contributed by atoms with Crippen molar-refractivity contribution < 1.29 is 9.84 Å². The van der Waals surface area contributed by atoms with Crippen LogP contribution in [0.15, 0.2) is 12.1 Å². The second-order valence-electron chi connectivity index (χ2n) is 5.38. The van der Waals surface area contributed by atoms with E-state index in [1.165, 1.54) is 12.8 Å². The van der Waals surface area contributed by atoms with Gasteiger partial charge in [-0.15, -0.1) is 0 Å². The highest BCUT2D eigenvalue weighted by atomic mass is 32.2. The molecule has 3 rings (SSSR count). The molecule has 2 bridgehead atoms. The molecule has 2 saturated heterocycles. The molecular formula is C14H19NO2S. The van der Waals surface area contributed by atoms with Crippen molar-refractivity contribution in [2.45, 2.75) is 48.7 Å². The van der Waals surface area contributed by atoms with Gasteiger partial charge in [0.2, 0.25) is 5.88 Å². The Morgan fingerprint density at radius 3 is 2.56 bits per heavy atom. The fourth-order valence-electron chi connectivity index (χ4n) is 3.28. The topological polar surface area (TPSA) is 42.4 Å². The molecule has 4 heteroatoms. The number of methoxy groups -OCH3 is 1. The van der Waals surface area contributed by atoms with Crippen molar-refractivity contribution in [3.05, 3.63) is 23.4 Å². The maximum atomic E-state index is 11.0. The molecule has 2 atom stereocenters. The summed E-state index contributed by atoms with van der Waals surface area (Å²) in [6.45, 7) is 1.96. The van der Waals surface area contributed by atoms with E-state index in [4.69, 9.17) is 4.74 Å². The lowest BCUT2D eigenvalue weighted by atomic mass is 9.85.